The number of hydrogen-bond acceptors (Lipinski definition) is 6. The van der Waals surface area contributed by atoms with Crippen LogP contribution < -0.4 is 5.32 Å². The van der Waals surface area contributed by atoms with Crippen LogP contribution in [0.2, 0.25) is 0 Å². The van der Waals surface area contributed by atoms with Gasteiger partial charge in [-0.3, -0.25) is 24.6 Å². The first-order chi connectivity index (χ1) is 16.4. The van der Waals surface area contributed by atoms with Gasteiger partial charge in [-0.2, -0.15) is 0 Å². The Labute approximate surface area is 197 Å². The van der Waals surface area contributed by atoms with E-state index in [1.807, 2.05) is 30.3 Å². The second kappa shape index (κ2) is 8.06. The third-order valence-corrected chi connectivity index (χ3v) is 7.61. The Morgan fingerprint density at radius 1 is 1.29 bits per heavy atom. The Morgan fingerprint density at radius 2 is 2.06 bits per heavy atom. The average Bonchev–Trinajstić information content (AvgIpc) is 3.46. The highest BCUT2D eigenvalue weighted by Gasteiger charge is 2.74. The van der Waals surface area contributed by atoms with E-state index in [0.717, 1.165) is 24.0 Å². The third kappa shape index (κ3) is 2.88. The van der Waals surface area contributed by atoms with Gasteiger partial charge in [0.2, 0.25) is 0 Å². The van der Waals surface area contributed by atoms with Crippen LogP contribution >= 0.6 is 0 Å². The molecule has 8 heteroatoms. The van der Waals surface area contributed by atoms with Crippen molar-refractivity contribution < 1.29 is 19.2 Å². The van der Waals surface area contributed by atoms with Crippen LogP contribution in [0.1, 0.15) is 37.8 Å². The van der Waals surface area contributed by atoms with Gasteiger partial charge < -0.3 is 10.1 Å². The maximum absolute atomic E-state index is 13.9. The van der Waals surface area contributed by atoms with Crippen molar-refractivity contribution in [3.63, 3.8) is 0 Å². The molecular weight excluding hydrogens is 434 g/mol. The highest BCUT2D eigenvalue weighted by Crippen LogP contribution is 2.64. The molecule has 5 rings (SSSR count). The third-order valence-electron chi connectivity index (χ3n) is 7.61. The topological polar surface area (TPSA) is 102 Å². The minimum Gasteiger partial charge on any atom is -0.465 e. The van der Waals surface area contributed by atoms with Crippen molar-refractivity contribution in [2.75, 3.05) is 18.5 Å². The zero-order valence-electron chi connectivity index (χ0n) is 19.2. The number of hydrogen-bond donors (Lipinski definition) is 1. The fourth-order valence-corrected chi connectivity index (χ4v) is 6.21. The van der Waals surface area contributed by atoms with Crippen molar-refractivity contribution in [1.82, 2.24) is 4.90 Å². The molecule has 1 spiro atoms. The van der Waals surface area contributed by atoms with Crippen molar-refractivity contribution >= 4 is 23.3 Å². The molecule has 2 aromatic carbocycles. The summed E-state index contributed by atoms with van der Waals surface area (Å²) in [7, 11) is 0. The highest BCUT2D eigenvalue weighted by atomic mass is 16.6. The number of anilines is 1. The molecule has 2 saturated heterocycles. The molecule has 3 aliphatic rings. The van der Waals surface area contributed by atoms with Crippen molar-refractivity contribution in [1.29, 1.82) is 0 Å². The molecule has 3 heterocycles. The normalized spacial score (nSPS) is 28.7. The number of rotatable bonds is 5. The van der Waals surface area contributed by atoms with E-state index in [1.54, 1.807) is 19.9 Å². The van der Waals surface area contributed by atoms with Crippen molar-refractivity contribution in [2.24, 2.45) is 5.41 Å². The zero-order chi connectivity index (χ0) is 24.1. The number of nitro benzene ring substituents is 1. The van der Waals surface area contributed by atoms with Crippen molar-refractivity contribution in [3.05, 3.63) is 81.4 Å². The van der Waals surface area contributed by atoms with Gasteiger partial charge in [0, 0.05) is 36.0 Å². The maximum Gasteiger partial charge on any atom is 0.318 e. The van der Waals surface area contributed by atoms with Gasteiger partial charge in [0.25, 0.3) is 11.6 Å². The smallest absolute Gasteiger partial charge is 0.318 e. The van der Waals surface area contributed by atoms with Gasteiger partial charge in [-0.05, 0) is 50.3 Å². The molecule has 1 amide bonds. The molecule has 176 valence electrons. The molecule has 2 aromatic rings. The number of ether oxygens (including phenoxy) is 1. The number of benzene rings is 2. The van der Waals surface area contributed by atoms with Crippen molar-refractivity contribution in [3.8, 4) is 0 Å². The van der Waals surface area contributed by atoms with E-state index in [1.165, 1.54) is 12.1 Å². The van der Waals surface area contributed by atoms with Crippen LogP contribution in [0.3, 0.4) is 0 Å². The lowest BCUT2D eigenvalue weighted by Gasteiger charge is -2.41. The predicted octanol–water partition coefficient (Wildman–Crippen LogP) is 3.96. The SMILES string of the molecule is CCOC(=O)[C@@]1(C)/C(=C\Cc2ccccc2)[C@H]2CCCN2[C@]12C(=O)Nc1ccc([N+](=O)[O-])cc12. The largest absolute Gasteiger partial charge is 0.465 e. The highest BCUT2D eigenvalue weighted by molar-refractivity contribution is 6.11. The Balaban J connectivity index is 1.75. The molecule has 3 atom stereocenters. The standard InChI is InChI=1S/C26H27N3O5/c1-3-34-24(31)25(2)19(13-11-17-8-5-4-6-9-17)22-10-7-15-28(22)26(25)20-16-18(29(32)33)12-14-21(20)27-23(26)30/h4-6,8-9,12-14,16,22H,3,7,10-11,15H2,1-2H3,(H,27,30)/b19-13-/t22-,25-,26-/m1/s1. The molecule has 0 bridgehead atoms. The summed E-state index contributed by atoms with van der Waals surface area (Å²) < 4.78 is 5.58. The van der Waals surface area contributed by atoms with Gasteiger partial charge in [0.05, 0.1) is 11.5 Å². The summed E-state index contributed by atoms with van der Waals surface area (Å²) in [6.45, 7) is 4.29. The van der Waals surface area contributed by atoms with Crippen LogP contribution in [0, 0.1) is 15.5 Å². The summed E-state index contributed by atoms with van der Waals surface area (Å²) in [5.41, 5.74) is 0.0506. The number of fused-ring (bicyclic) bond motifs is 4. The second-order valence-electron chi connectivity index (χ2n) is 9.20. The molecule has 2 fully saturated rings. The first kappa shape index (κ1) is 22.3. The molecule has 0 unspecified atom stereocenters. The number of allylic oxidation sites excluding steroid dienone is 1. The molecule has 1 N–H and O–H groups in total. The van der Waals surface area contributed by atoms with Gasteiger partial charge in [0.15, 0.2) is 0 Å². The van der Waals surface area contributed by atoms with Crippen LogP contribution in [-0.4, -0.2) is 40.9 Å². The summed E-state index contributed by atoms with van der Waals surface area (Å²) in [6.07, 6.45) is 4.34. The van der Waals surface area contributed by atoms with E-state index < -0.39 is 21.8 Å². The fraction of sp³-hybridized carbons (Fsp3) is 0.385. The number of nitrogens with zero attached hydrogens (tertiary/aromatic N) is 2. The summed E-state index contributed by atoms with van der Waals surface area (Å²) in [6, 6.07) is 14.2. The average molecular weight is 462 g/mol. The lowest BCUT2D eigenvalue weighted by atomic mass is 9.64. The van der Waals surface area contributed by atoms with Crippen LogP contribution in [0.4, 0.5) is 11.4 Å². The molecule has 0 aromatic heterocycles. The summed E-state index contributed by atoms with van der Waals surface area (Å²) in [5, 5.41) is 14.5. The second-order valence-corrected chi connectivity index (χ2v) is 9.20. The number of amides is 1. The fourth-order valence-electron chi connectivity index (χ4n) is 6.21. The van der Waals surface area contributed by atoms with E-state index >= 15 is 0 Å². The summed E-state index contributed by atoms with van der Waals surface area (Å²) >= 11 is 0. The predicted molar refractivity (Wildman–Crippen MR) is 126 cm³/mol. The number of esters is 1. The molecule has 8 nitrogen and oxygen atoms in total. The lowest BCUT2D eigenvalue weighted by molar-refractivity contribution is -0.385. The van der Waals surface area contributed by atoms with Gasteiger partial charge in [0.1, 0.15) is 11.0 Å². The molecule has 0 radical (unpaired) electrons. The van der Waals surface area contributed by atoms with Gasteiger partial charge in [-0.1, -0.05) is 36.4 Å². The van der Waals surface area contributed by atoms with Crippen LogP contribution in [0.25, 0.3) is 0 Å². The molecule has 3 aliphatic heterocycles. The zero-order valence-corrected chi connectivity index (χ0v) is 19.2. The Bertz CT molecular complexity index is 1210. The number of non-ortho nitro benzene ring substituents is 1. The molecule has 0 saturated carbocycles. The monoisotopic (exact) mass is 461 g/mol. The summed E-state index contributed by atoms with van der Waals surface area (Å²) in [5.74, 6) is -0.827. The first-order valence-electron chi connectivity index (χ1n) is 11.6. The molecule has 34 heavy (non-hydrogen) atoms. The van der Waals surface area contributed by atoms with E-state index in [0.29, 0.717) is 24.2 Å². The molecule has 0 aliphatic carbocycles. The Kier molecular flexibility index (Phi) is 5.28. The van der Waals surface area contributed by atoms with E-state index in [2.05, 4.69) is 16.3 Å². The van der Waals surface area contributed by atoms with Gasteiger partial charge in [-0.15, -0.1) is 0 Å². The summed E-state index contributed by atoms with van der Waals surface area (Å²) in [4.78, 5) is 40.8. The van der Waals surface area contributed by atoms with Crippen LogP contribution in [0.5, 0.6) is 0 Å². The number of carbonyl (C=O) groups excluding carboxylic acids is 2. The first-order valence-corrected chi connectivity index (χ1v) is 11.6. The van der Waals surface area contributed by atoms with E-state index in [-0.39, 0.29) is 24.2 Å². The number of carbonyl (C=O) groups is 2. The van der Waals surface area contributed by atoms with E-state index in [4.69, 9.17) is 4.74 Å². The Hall–Kier alpha value is -3.52. The van der Waals surface area contributed by atoms with Gasteiger partial charge >= 0.3 is 5.97 Å². The minimum atomic E-state index is -1.41. The minimum absolute atomic E-state index is 0.113. The lowest BCUT2D eigenvalue weighted by Crippen LogP contribution is -2.58. The number of nitrogens with one attached hydrogen (secondary N) is 1. The van der Waals surface area contributed by atoms with Crippen LogP contribution in [0.15, 0.2) is 60.2 Å². The number of nitro groups is 1. The van der Waals surface area contributed by atoms with E-state index in [9.17, 15) is 19.7 Å². The molecular formula is C26H27N3O5. The van der Waals surface area contributed by atoms with Gasteiger partial charge in [-0.25, -0.2) is 0 Å². The van der Waals surface area contributed by atoms with Crippen molar-refractivity contribution in [2.45, 2.75) is 44.7 Å². The Morgan fingerprint density at radius 3 is 2.76 bits per heavy atom. The maximum atomic E-state index is 13.9. The van der Waals surface area contributed by atoms with Crippen LogP contribution in [-0.2, 0) is 26.3 Å². The quantitative estimate of drug-likeness (QED) is 0.313.